The summed E-state index contributed by atoms with van der Waals surface area (Å²) in [5, 5.41) is 3.31. The van der Waals surface area contributed by atoms with E-state index in [-0.39, 0.29) is 6.10 Å². The molecule has 1 aliphatic carbocycles. The van der Waals surface area contributed by atoms with E-state index >= 15 is 0 Å². The molecule has 15 heavy (non-hydrogen) atoms. The van der Waals surface area contributed by atoms with E-state index in [0.29, 0.717) is 17.5 Å². The molecule has 1 aromatic rings. The summed E-state index contributed by atoms with van der Waals surface area (Å²) >= 11 is 0. The molecule has 1 fully saturated rings. The molecule has 1 aliphatic rings. The number of anilines is 2. The summed E-state index contributed by atoms with van der Waals surface area (Å²) < 4.78 is 5.39. The minimum Gasteiger partial charge on any atom is -0.394 e. The Balaban J connectivity index is 2.05. The summed E-state index contributed by atoms with van der Waals surface area (Å²) in [5.41, 5.74) is 6.34. The third kappa shape index (κ3) is 2.18. The molecule has 1 aromatic heterocycles. The standard InChI is InChI=1S/C10H16N4O/c1-15-9-4-2-3-8(9)14-10-7(11)5-12-6-13-10/h5-6,8-9H,2-4,11H2,1H3,(H,12,13,14). The lowest BCUT2D eigenvalue weighted by atomic mass is 10.2. The number of aromatic nitrogens is 2. The summed E-state index contributed by atoms with van der Waals surface area (Å²) in [7, 11) is 1.74. The van der Waals surface area contributed by atoms with Crippen molar-refractivity contribution in [1.29, 1.82) is 0 Å². The quantitative estimate of drug-likeness (QED) is 0.776. The number of ether oxygens (including phenoxy) is 1. The molecule has 2 rings (SSSR count). The van der Waals surface area contributed by atoms with Crippen LogP contribution in [0.25, 0.3) is 0 Å². The predicted octanol–water partition coefficient (Wildman–Crippen LogP) is 1.04. The summed E-state index contributed by atoms with van der Waals surface area (Å²) in [6, 6.07) is 0.312. The van der Waals surface area contributed by atoms with Gasteiger partial charge in [0.25, 0.3) is 0 Å². The highest BCUT2D eigenvalue weighted by Gasteiger charge is 2.27. The Kier molecular flexibility index (Phi) is 3.01. The Labute approximate surface area is 89.1 Å². The Hall–Kier alpha value is -1.36. The smallest absolute Gasteiger partial charge is 0.152 e. The van der Waals surface area contributed by atoms with Crippen molar-refractivity contribution in [3.05, 3.63) is 12.5 Å². The Bertz CT molecular complexity index is 331. The van der Waals surface area contributed by atoms with Gasteiger partial charge in [-0.25, -0.2) is 9.97 Å². The highest BCUT2D eigenvalue weighted by Crippen LogP contribution is 2.25. The van der Waals surface area contributed by atoms with Gasteiger partial charge in [-0.15, -0.1) is 0 Å². The maximum atomic E-state index is 5.76. The van der Waals surface area contributed by atoms with Crippen molar-refractivity contribution in [2.24, 2.45) is 0 Å². The SMILES string of the molecule is COC1CCCC1Nc1ncncc1N. The first-order valence-electron chi connectivity index (χ1n) is 5.16. The highest BCUT2D eigenvalue weighted by molar-refractivity contribution is 5.59. The third-order valence-electron chi connectivity index (χ3n) is 2.82. The summed E-state index contributed by atoms with van der Waals surface area (Å²) in [6.07, 6.45) is 6.74. The Morgan fingerprint density at radius 3 is 3.13 bits per heavy atom. The number of nitrogens with zero attached hydrogens (tertiary/aromatic N) is 2. The van der Waals surface area contributed by atoms with Crippen LogP contribution < -0.4 is 11.1 Å². The molecule has 5 heteroatoms. The molecule has 0 saturated heterocycles. The molecule has 1 heterocycles. The van der Waals surface area contributed by atoms with E-state index in [0.717, 1.165) is 12.8 Å². The minimum absolute atomic E-state index is 0.263. The minimum atomic E-state index is 0.263. The molecule has 0 spiro atoms. The lowest BCUT2D eigenvalue weighted by molar-refractivity contribution is 0.101. The largest absolute Gasteiger partial charge is 0.394 e. The number of methoxy groups -OCH3 is 1. The van der Waals surface area contributed by atoms with Gasteiger partial charge in [0.15, 0.2) is 5.82 Å². The van der Waals surface area contributed by atoms with Gasteiger partial charge in [0.1, 0.15) is 6.33 Å². The van der Waals surface area contributed by atoms with Crippen molar-refractivity contribution in [2.75, 3.05) is 18.2 Å². The first kappa shape index (κ1) is 10.2. The third-order valence-corrected chi connectivity index (χ3v) is 2.82. The van der Waals surface area contributed by atoms with Crippen LogP contribution in [-0.4, -0.2) is 29.2 Å². The molecule has 0 aliphatic heterocycles. The second kappa shape index (κ2) is 4.44. The first-order chi connectivity index (χ1) is 7.31. The molecule has 2 unspecified atom stereocenters. The van der Waals surface area contributed by atoms with Gasteiger partial charge in [-0.2, -0.15) is 0 Å². The van der Waals surface area contributed by atoms with Gasteiger partial charge in [0, 0.05) is 7.11 Å². The average molecular weight is 208 g/mol. The molecular formula is C10H16N4O. The monoisotopic (exact) mass is 208 g/mol. The predicted molar refractivity (Wildman–Crippen MR) is 58.5 cm³/mol. The Morgan fingerprint density at radius 2 is 2.40 bits per heavy atom. The number of hydrogen-bond acceptors (Lipinski definition) is 5. The van der Waals surface area contributed by atoms with Crippen LogP contribution >= 0.6 is 0 Å². The summed E-state index contributed by atoms with van der Waals surface area (Å²) in [5.74, 6) is 0.707. The molecule has 0 radical (unpaired) electrons. The van der Waals surface area contributed by atoms with Crippen LogP contribution in [0, 0.1) is 0 Å². The zero-order valence-electron chi connectivity index (χ0n) is 8.81. The van der Waals surface area contributed by atoms with Crippen LogP contribution in [0.15, 0.2) is 12.5 Å². The van der Waals surface area contributed by atoms with Crippen LogP contribution in [0.1, 0.15) is 19.3 Å². The van der Waals surface area contributed by atoms with Crippen LogP contribution in [0.2, 0.25) is 0 Å². The number of hydrogen-bond donors (Lipinski definition) is 2. The maximum absolute atomic E-state index is 5.76. The number of nitrogens with two attached hydrogens (primary N) is 1. The van der Waals surface area contributed by atoms with Gasteiger partial charge < -0.3 is 15.8 Å². The molecule has 2 atom stereocenters. The van der Waals surface area contributed by atoms with E-state index < -0.39 is 0 Å². The average Bonchev–Trinajstić information content (AvgIpc) is 2.69. The van der Waals surface area contributed by atoms with Crippen LogP contribution in [0.5, 0.6) is 0 Å². The molecule has 1 saturated carbocycles. The van der Waals surface area contributed by atoms with Crippen molar-refractivity contribution < 1.29 is 4.74 Å². The number of nitrogens with one attached hydrogen (secondary N) is 1. The molecule has 3 N–H and O–H groups in total. The van der Waals surface area contributed by atoms with Gasteiger partial charge in [0.05, 0.1) is 24.0 Å². The van der Waals surface area contributed by atoms with E-state index in [1.165, 1.54) is 12.7 Å². The zero-order chi connectivity index (χ0) is 10.7. The highest BCUT2D eigenvalue weighted by atomic mass is 16.5. The first-order valence-corrected chi connectivity index (χ1v) is 5.16. The molecule has 82 valence electrons. The molecule has 0 amide bonds. The molecule has 5 nitrogen and oxygen atoms in total. The fourth-order valence-corrected chi connectivity index (χ4v) is 2.01. The lowest BCUT2D eigenvalue weighted by Gasteiger charge is -2.20. The molecule has 0 bridgehead atoms. The van der Waals surface area contributed by atoms with Crippen LogP contribution in [-0.2, 0) is 4.74 Å². The second-order valence-electron chi connectivity index (χ2n) is 3.78. The fourth-order valence-electron chi connectivity index (χ4n) is 2.01. The van der Waals surface area contributed by atoms with Crippen LogP contribution in [0.4, 0.5) is 11.5 Å². The summed E-state index contributed by atoms with van der Waals surface area (Å²) in [6.45, 7) is 0. The van der Waals surface area contributed by atoms with Crippen molar-refractivity contribution in [3.8, 4) is 0 Å². The van der Waals surface area contributed by atoms with Gasteiger partial charge in [-0.3, -0.25) is 0 Å². The Morgan fingerprint density at radius 1 is 1.53 bits per heavy atom. The van der Waals surface area contributed by atoms with Crippen LogP contribution in [0.3, 0.4) is 0 Å². The van der Waals surface area contributed by atoms with E-state index in [2.05, 4.69) is 15.3 Å². The van der Waals surface area contributed by atoms with E-state index in [1.807, 2.05) is 0 Å². The lowest BCUT2D eigenvalue weighted by Crippen LogP contribution is -2.30. The normalized spacial score (nSPS) is 25.4. The van der Waals surface area contributed by atoms with Gasteiger partial charge in [-0.05, 0) is 19.3 Å². The second-order valence-corrected chi connectivity index (χ2v) is 3.78. The maximum Gasteiger partial charge on any atom is 0.152 e. The van der Waals surface area contributed by atoms with E-state index in [9.17, 15) is 0 Å². The number of nitrogen functional groups attached to an aromatic ring is 1. The number of rotatable bonds is 3. The van der Waals surface area contributed by atoms with E-state index in [4.69, 9.17) is 10.5 Å². The van der Waals surface area contributed by atoms with Crippen molar-refractivity contribution in [1.82, 2.24) is 9.97 Å². The van der Waals surface area contributed by atoms with Crippen molar-refractivity contribution in [2.45, 2.75) is 31.4 Å². The topological polar surface area (TPSA) is 73.1 Å². The fraction of sp³-hybridized carbons (Fsp3) is 0.600. The van der Waals surface area contributed by atoms with Crippen molar-refractivity contribution in [3.63, 3.8) is 0 Å². The van der Waals surface area contributed by atoms with Gasteiger partial charge >= 0.3 is 0 Å². The van der Waals surface area contributed by atoms with Gasteiger partial charge in [0.2, 0.25) is 0 Å². The molecule has 0 aromatic carbocycles. The van der Waals surface area contributed by atoms with E-state index in [1.54, 1.807) is 13.3 Å². The van der Waals surface area contributed by atoms with Crippen molar-refractivity contribution >= 4 is 11.5 Å². The zero-order valence-corrected chi connectivity index (χ0v) is 8.81. The summed E-state index contributed by atoms with van der Waals surface area (Å²) in [4.78, 5) is 7.96. The van der Waals surface area contributed by atoms with Gasteiger partial charge in [-0.1, -0.05) is 0 Å². The molecular weight excluding hydrogens is 192 g/mol.